The van der Waals surface area contributed by atoms with E-state index in [0.717, 1.165) is 11.6 Å². The molecule has 164 valence electrons. The smallest absolute Gasteiger partial charge is 0.399 e. The van der Waals surface area contributed by atoms with Gasteiger partial charge in [-0.15, -0.1) is 0 Å². The Morgan fingerprint density at radius 1 is 0.700 bits per heavy atom. The van der Waals surface area contributed by atoms with E-state index in [1.54, 1.807) is 6.07 Å². The third-order valence-corrected chi connectivity index (χ3v) is 4.66. The van der Waals surface area contributed by atoms with Gasteiger partial charge in [-0.25, -0.2) is 0 Å². The SMILES string of the molecule is C=C(N)c1ccc(C(C)(C)C)cc1.C=C(N)c1ccc(C(C)(C)C)cc1C(F)(F)F. The van der Waals surface area contributed by atoms with Gasteiger partial charge in [0.2, 0.25) is 0 Å². The van der Waals surface area contributed by atoms with Crippen LogP contribution >= 0.6 is 0 Å². The summed E-state index contributed by atoms with van der Waals surface area (Å²) in [5, 5.41) is 0. The summed E-state index contributed by atoms with van der Waals surface area (Å²) in [6.45, 7) is 19.2. The summed E-state index contributed by atoms with van der Waals surface area (Å²) in [5.41, 5.74) is 13.5. The van der Waals surface area contributed by atoms with Crippen molar-refractivity contribution < 1.29 is 13.2 Å². The molecule has 0 spiro atoms. The van der Waals surface area contributed by atoms with Crippen LogP contribution in [-0.2, 0) is 17.0 Å². The molecule has 4 N–H and O–H groups in total. The molecule has 0 saturated heterocycles. The van der Waals surface area contributed by atoms with Gasteiger partial charge in [-0.2, -0.15) is 13.2 Å². The first-order valence-corrected chi connectivity index (χ1v) is 9.66. The van der Waals surface area contributed by atoms with Crippen molar-refractivity contribution in [3.05, 3.63) is 83.4 Å². The summed E-state index contributed by atoms with van der Waals surface area (Å²) in [7, 11) is 0. The summed E-state index contributed by atoms with van der Waals surface area (Å²) in [4.78, 5) is 0. The molecule has 0 amide bonds. The molecule has 2 aromatic carbocycles. The molecule has 2 aromatic rings. The zero-order valence-electron chi connectivity index (χ0n) is 18.7. The van der Waals surface area contributed by atoms with Crippen LogP contribution in [0.15, 0.2) is 55.6 Å². The van der Waals surface area contributed by atoms with Crippen LogP contribution < -0.4 is 11.5 Å². The van der Waals surface area contributed by atoms with Crippen molar-refractivity contribution in [3.63, 3.8) is 0 Å². The van der Waals surface area contributed by atoms with Crippen LogP contribution in [0.5, 0.6) is 0 Å². The van der Waals surface area contributed by atoms with Gasteiger partial charge in [0.25, 0.3) is 0 Å². The number of hydrogen-bond acceptors (Lipinski definition) is 2. The fraction of sp³-hybridized carbons (Fsp3) is 0.360. The standard InChI is InChI=1S/C13H16F3N.C12H17N/c1-8(17)10-6-5-9(12(2,3)4)7-11(10)13(14,15)16;1-9(13)10-5-7-11(8-6-10)12(2,3)4/h5-7H,1,17H2,2-4H3;5-8H,1,13H2,2-4H3. The lowest BCUT2D eigenvalue weighted by atomic mass is 9.85. The third-order valence-electron chi connectivity index (χ3n) is 4.66. The Bertz CT molecular complexity index is 894. The summed E-state index contributed by atoms with van der Waals surface area (Å²) in [5.74, 6) is 0. The van der Waals surface area contributed by atoms with Gasteiger partial charge in [-0.3, -0.25) is 0 Å². The van der Waals surface area contributed by atoms with Gasteiger partial charge >= 0.3 is 6.18 Å². The van der Waals surface area contributed by atoms with Gasteiger partial charge in [0.1, 0.15) is 0 Å². The highest BCUT2D eigenvalue weighted by atomic mass is 19.4. The predicted molar refractivity (Wildman–Crippen MR) is 122 cm³/mol. The molecule has 0 fully saturated rings. The first kappa shape index (κ1) is 25.3. The molecular weight excluding hydrogens is 385 g/mol. The highest BCUT2D eigenvalue weighted by Gasteiger charge is 2.34. The minimum absolute atomic E-state index is 0.0505. The number of hydrogen-bond donors (Lipinski definition) is 2. The van der Waals surface area contributed by atoms with Gasteiger partial charge < -0.3 is 11.5 Å². The van der Waals surface area contributed by atoms with E-state index >= 15 is 0 Å². The first-order chi connectivity index (χ1) is 13.4. The van der Waals surface area contributed by atoms with E-state index in [4.69, 9.17) is 11.5 Å². The van der Waals surface area contributed by atoms with E-state index in [9.17, 15) is 13.2 Å². The predicted octanol–water partition coefficient (Wildman–Crippen LogP) is 6.85. The third kappa shape index (κ3) is 6.97. The van der Waals surface area contributed by atoms with Crippen LogP contribution in [0.4, 0.5) is 13.2 Å². The molecule has 2 rings (SSSR count). The summed E-state index contributed by atoms with van der Waals surface area (Å²) < 4.78 is 38.6. The molecule has 0 bridgehead atoms. The molecule has 0 aliphatic heterocycles. The first-order valence-electron chi connectivity index (χ1n) is 9.66. The van der Waals surface area contributed by atoms with Crippen LogP contribution in [0.3, 0.4) is 0 Å². The molecule has 0 unspecified atom stereocenters. The lowest BCUT2D eigenvalue weighted by Gasteiger charge is -2.22. The molecule has 0 heterocycles. The van der Waals surface area contributed by atoms with Crippen molar-refractivity contribution in [2.45, 2.75) is 58.5 Å². The summed E-state index contributed by atoms with van der Waals surface area (Å²) >= 11 is 0. The van der Waals surface area contributed by atoms with Gasteiger partial charge in [0.15, 0.2) is 0 Å². The van der Waals surface area contributed by atoms with Gasteiger partial charge in [0, 0.05) is 17.0 Å². The largest absolute Gasteiger partial charge is 0.417 e. The van der Waals surface area contributed by atoms with Crippen LogP contribution in [0.2, 0.25) is 0 Å². The summed E-state index contributed by atoms with van der Waals surface area (Å²) in [6.07, 6.45) is -4.42. The van der Waals surface area contributed by atoms with Crippen molar-refractivity contribution in [2.75, 3.05) is 0 Å². The van der Waals surface area contributed by atoms with Crippen LogP contribution in [-0.4, -0.2) is 0 Å². The molecule has 0 aliphatic rings. The fourth-order valence-electron chi connectivity index (χ4n) is 2.71. The van der Waals surface area contributed by atoms with Crippen LogP contribution in [0, 0.1) is 0 Å². The number of rotatable bonds is 2. The number of benzene rings is 2. The second kappa shape index (κ2) is 8.99. The lowest BCUT2D eigenvalue weighted by Crippen LogP contribution is -2.16. The number of alkyl halides is 3. The Balaban J connectivity index is 0.000000311. The topological polar surface area (TPSA) is 52.0 Å². The average molecular weight is 419 g/mol. The van der Waals surface area contributed by atoms with E-state index in [0.29, 0.717) is 11.3 Å². The molecule has 30 heavy (non-hydrogen) atoms. The molecule has 2 nitrogen and oxygen atoms in total. The van der Waals surface area contributed by atoms with E-state index in [1.807, 2.05) is 32.9 Å². The molecule has 0 aliphatic carbocycles. The van der Waals surface area contributed by atoms with Crippen LogP contribution in [0.1, 0.15) is 69.4 Å². The zero-order valence-corrected chi connectivity index (χ0v) is 18.7. The molecule has 0 atom stereocenters. The Hall–Kier alpha value is -2.69. The van der Waals surface area contributed by atoms with Crippen molar-refractivity contribution in [3.8, 4) is 0 Å². The quantitative estimate of drug-likeness (QED) is 0.560. The number of halogens is 3. The van der Waals surface area contributed by atoms with Crippen molar-refractivity contribution in [1.82, 2.24) is 0 Å². The highest BCUT2D eigenvalue weighted by Crippen LogP contribution is 2.36. The van der Waals surface area contributed by atoms with E-state index in [2.05, 4.69) is 46.1 Å². The minimum Gasteiger partial charge on any atom is -0.399 e. The molecule has 5 heteroatoms. The maximum Gasteiger partial charge on any atom is 0.417 e. The highest BCUT2D eigenvalue weighted by molar-refractivity contribution is 5.65. The summed E-state index contributed by atoms with van der Waals surface area (Å²) in [6, 6.07) is 12.4. The van der Waals surface area contributed by atoms with E-state index in [1.165, 1.54) is 11.6 Å². The van der Waals surface area contributed by atoms with Gasteiger partial charge in [-0.05, 0) is 33.6 Å². The van der Waals surface area contributed by atoms with Crippen molar-refractivity contribution in [2.24, 2.45) is 11.5 Å². The Morgan fingerprint density at radius 2 is 1.13 bits per heavy atom. The monoisotopic (exact) mass is 418 g/mol. The number of nitrogens with two attached hydrogens (primary N) is 2. The van der Waals surface area contributed by atoms with Crippen molar-refractivity contribution >= 4 is 11.4 Å². The normalized spacial score (nSPS) is 12.0. The average Bonchev–Trinajstić information content (AvgIpc) is 2.59. The lowest BCUT2D eigenvalue weighted by molar-refractivity contribution is -0.137. The van der Waals surface area contributed by atoms with E-state index < -0.39 is 11.7 Å². The second-order valence-electron chi connectivity index (χ2n) is 9.39. The fourth-order valence-corrected chi connectivity index (χ4v) is 2.71. The Labute approximate surface area is 178 Å². The maximum absolute atomic E-state index is 12.9. The van der Waals surface area contributed by atoms with Crippen LogP contribution in [0.25, 0.3) is 11.4 Å². The van der Waals surface area contributed by atoms with Gasteiger partial charge in [-0.1, -0.05) is 91.1 Å². The second-order valence-corrected chi connectivity index (χ2v) is 9.39. The van der Waals surface area contributed by atoms with Gasteiger partial charge in [0.05, 0.1) is 5.56 Å². The molecular formula is C25H33F3N2. The minimum atomic E-state index is -4.42. The zero-order chi connectivity index (χ0) is 23.5. The molecule has 0 aromatic heterocycles. The molecule has 0 saturated carbocycles. The Morgan fingerprint density at radius 3 is 1.47 bits per heavy atom. The Kier molecular flexibility index (Phi) is 7.59. The van der Waals surface area contributed by atoms with E-state index in [-0.39, 0.29) is 22.1 Å². The molecule has 0 radical (unpaired) electrons. The van der Waals surface area contributed by atoms with Crippen molar-refractivity contribution in [1.29, 1.82) is 0 Å². The maximum atomic E-state index is 12.9.